The van der Waals surface area contributed by atoms with Crippen molar-refractivity contribution in [2.24, 2.45) is 4.99 Å². The van der Waals surface area contributed by atoms with Crippen LogP contribution in [0.4, 0.5) is 0 Å². The van der Waals surface area contributed by atoms with Gasteiger partial charge in [-0.3, -0.25) is 0 Å². The quantitative estimate of drug-likeness (QED) is 0.552. The standard InChI is InChI=1S/C15H25N3O2/c1-5-16-15(18-11(3)4)17-10-12-7-8-13(19)14(9-12)20-6-2/h7-9,11,19H,5-6,10H2,1-4H3,(H2,16,17,18). The van der Waals surface area contributed by atoms with Crippen LogP contribution in [0.25, 0.3) is 0 Å². The maximum atomic E-state index is 9.66. The first-order chi connectivity index (χ1) is 9.56. The van der Waals surface area contributed by atoms with Crippen molar-refractivity contribution >= 4 is 5.96 Å². The Morgan fingerprint density at radius 1 is 1.35 bits per heavy atom. The van der Waals surface area contributed by atoms with Crippen LogP contribution >= 0.6 is 0 Å². The second-order valence-corrected chi connectivity index (χ2v) is 4.73. The fraction of sp³-hybridized carbons (Fsp3) is 0.533. The average Bonchev–Trinajstić information content (AvgIpc) is 2.39. The number of hydrogen-bond donors (Lipinski definition) is 3. The summed E-state index contributed by atoms with van der Waals surface area (Å²) in [5.41, 5.74) is 0.993. The molecule has 0 bridgehead atoms. The summed E-state index contributed by atoms with van der Waals surface area (Å²) in [5, 5.41) is 16.1. The Morgan fingerprint density at radius 3 is 2.70 bits per heavy atom. The second kappa shape index (κ2) is 8.30. The van der Waals surface area contributed by atoms with E-state index < -0.39 is 0 Å². The third-order valence-electron chi connectivity index (χ3n) is 2.51. The molecule has 0 radical (unpaired) electrons. The van der Waals surface area contributed by atoms with Crippen molar-refractivity contribution in [1.82, 2.24) is 10.6 Å². The van der Waals surface area contributed by atoms with Crippen LogP contribution in [0.1, 0.15) is 33.3 Å². The fourth-order valence-electron chi connectivity index (χ4n) is 1.69. The van der Waals surface area contributed by atoms with Gasteiger partial charge in [-0.15, -0.1) is 0 Å². The molecular weight excluding hydrogens is 254 g/mol. The van der Waals surface area contributed by atoms with E-state index in [0.717, 1.165) is 18.1 Å². The molecule has 0 fully saturated rings. The van der Waals surface area contributed by atoms with E-state index in [-0.39, 0.29) is 5.75 Å². The normalized spacial score (nSPS) is 11.6. The molecule has 0 spiro atoms. The number of rotatable bonds is 6. The lowest BCUT2D eigenvalue weighted by Gasteiger charge is -2.14. The minimum Gasteiger partial charge on any atom is -0.504 e. The molecule has 0 heterocycles. The topological polar surface area (TPSA) is 65.9 Å². The van der Waals surface area contributed by atoms with Crippen molar-refractivity contribution in [2.45, 2.75) is 40.3 Å². The van der Waals surface area contributed by atoms with Gasteiger partial charge in [0, 0.05) is 12.6 Å². The highest BCUT2D eigenvalue weighted by molar-refractivity contribution is 5.80. The maximum absolute atomic E-state index is 9.66. The minimum atomic E-state index is 0.159. The molecule has 5 heteroatoms. The largest absolute Gasteiger partial charge is 0.504 e. The van der Waals surface area contributed by atoms with Gasteiger partial charge in [0.05, 0.1) is 13.2 Å². The van der Waals surface area contributed by atoms with Gasteiger partial charge in [0.25, 0.3) is 0 Å². The molecule has 0 aromatic heterocycles. The molecule has 0 saturated carbocycles. The number of nitrogens with one attached hydrogen (secondary N) is 2. The van der Waals surface area contributed by atoms with Crippen LogP contribution in [0.3, 0.4) is 0 Å². The number of aromatic hydroxyl groups is 1. The van der Waals surface area contributed by atoms with Crippen LogP contribution in [-0.2, 0) is 6.54 Å². The molecule has 0 aliphatic rings. The van der Waals surface area contributed by atoms with Crippen molar-refractivity contribution < 1.29 is 9.84 Å². The number of nitrogens with zero attached hydrogens (tertiary/aromatic N) is 1. The van der Waals surface area contributed by atoms with Crippen LogP contribution in [-0.4, -0.2) is 30.3 Å². The predicted molar refractivity (Wildman–Crippen MR) is 82.4 cm³/mol. The highest BCUT2D eigenvalue weighted by atomic mass is 16.5. The number of ether oxygens (including phenoxy) is 1. The molecular formula is C15H25N3O2. The third kappa shape index (κ3) is 5.38. The first-order valence-electron chi connectivity index (χ1n) is 7.06. The number of guanidine groups is 1. The van der Waals surface area contributed by atoms with E-state index in [4.69, 9.17) is 4.74 Å². The Hall–Kier alpha value is -1.91. The van der Waals surface area contributed by atoms with Gasteiger partial charge < -0.3 is 20.5 Å². The first kappa shape index (κ1) is 16.1. The molecule has 0 unspecified atom stereocenters. The lowest BCUT2D eigenvalue weighted by atomic mass is 10.2. The molecule has 0 aliphatic carbocycles. The zero-order valence-electron chi connectivity index (χ0n) is 12.7. The number of hydrogen-bond acceptors (Lipinski definition) is 3. The van der Waals surface area contributed by atoms with E-state index in [0.29, 0.717) is 24.9 Å². The van der Waals surface area contributed by atoms with Crippen molar-refractivity contribution in [2.75, 3.05) is 13.2 Å². The van der Waals surface area contributed by atoms with Crippen molar-refractivity contribution in [1.29, 1.82) is 0 Å². The molecule has 0 amide bonds. The zero-order valence-corrected chi connectivity index (χ0v) is 12.7. The summed E-state index contributed by atoms with van der Waals surface area (Å²) in [7, 11) is 0. The third-order valence-corrected chi connectivity index (χ3v) is 2.51. The molecule has 1 aromatic rings. The molecule has 1 aromatic carbocycles. The van der Waals surface area contributed by atoms with E-state index in [1.165, 1.54) is 0 Å². The molecule has 20 heavy (non-hydrogen) atoms. The van der Waals surface area contributed by atoms with Crippen LogP contribution in [0.15, 0.2) is 23.2 Å². The van der Waals surface area contributed by atoms with Crippen molar-refractivity contribution in [3.8, 4) is 11.5 Å². The SMILES string of the molecule is CCNC(=NCc1ccc(O)c(OCC)c1)NC(C)C. The molecule has 112 valence electrons. The van der Waals surface area contributed by atoms with Gasteiger partial charge in [0.2, 0.25) is 0 Å². The van der Waals surface area contributed by atoms with E-state index in [2.05, 4.69) is 29.5 Å². The number of benzene rings is 1. The molecule has 1 rings (SSSR count). The zero-order chi connectivity index (χ0) is 15.0. The van der Waals surface area contributed by atoms with Gasteiger partial charge in [0.1, 0.15) is 0 Å². The van der Waals surface area contributed by atoms with Gasteiger partial charge >= 0.3 is 0 Å². The Kier molecular flexibility index (Phi) is 6.70. The minimum absolute atomic E-state index is 0.159. The summed E-state index contributed by atoms with van der Waals surface area (Å²) in [6.45, 7) is 9.94. The van der Waals surface area contributed by atoms with Crippen LogP contribution < -0.4 is 15.4 Å². The summed E-state index contributed by atoms with van der Waals surface area (Å²) in [6, 6.07) is 5.63. The maximum Gasteiger partial charge on any atom is 0.191 e. The summed E-state index contributed by atoms with van der Waals surface area (Å²) in [5.74, 6) is 1.45. The average molecular weight is 279 g/mol. The highest BCUT2D eigenvalue weighted by Gasteiger charge is 2.04. The van der Waals surface area contributed by atoms with Gasteiger partial charge in [-0.25, -0.2) is 4.99 Å². The second-order valence-electron chi connectivity index (χ2n) is 4.73. The van der Waals surface area contributed by atoms with Gasteiger partial charge in [-0.1, -0.05) is 6.07 Å². The van der Waals surface area contributed by atoms with E-state index in [1.54, 1.807) is 6.07 Å². The molecule has 3 N–H and O–H groups in total. The summed E-state index contributed by atoms with van der Waals surface area (Å²) >= 11 is 0. The van der Waals surface area contributed by atoms with Crippen molar-refractivity contribution in [3.63, 3.8) is 0 Å². The highest BCUT2D eigenvalue weighted by Crippen LogP contribution is 2.26. The lowest BCUT2D eigenvalue weighted by Crippen LogP contribution is -2.40. The van der Waals surface area contributed by atoms with Crippen LogP contribution in [0.2, 0.25) is 0 Å². The van der Waals surface area contributed by atoms with Crippen LogP contribution in [0, 0.1) is 0 Å². The first-order valence-corrected chi connectivity index (χ1v) is 7.06. The molecule has 5 nitrogen and oxygen atoms in total. The lowest BCUT2D eigenvalue weighted by molar-refractivity contribution is 0.318. The molecule has 0 aliphatic heterocycles. The Balaban J connectivity index is 2.77. The summed E-state index contributed by atoms with van der Waals surface area (Å²) in [6.07, 6.45) is 0. The summed E-state index contributed by atoms with van der Waals surface area (Å²) < 4.78 is 5.37. The van der Waals surface area contributed by atoms with E-state index in [9.17, 15) is 5.11 Å². The van der Waals surface area contributed by atoms with Crippen LogP contribution in [0.5, 0.6) is 11.5 Å². The van der Waals surface area contributed by atoms with Crippen molar-refractivity contribution in [3.05, 3.63) is 23.8 Å². The molecule has 0 atom stereocenters. The number of phenols is 1. The number of aliphatic imine (C=N–C) groups is 1. The molecule has 0 saturated heterocycles. The Morgan fingerprint density at radius 2 is 2.10 bits per heavy atom. The predicted octanol–water partition coefficient (Wildman–Crippen LogP) is 2.25. The Bertz CT molecular complexity index is 445. The van der Waals surface area contributed by atoms with Gasteiger partial charge in [0.15, 0.2) is 17.5 Å². The fourth-order valence-corrected chi connectivity index (χ4v) is 1.69. The monoisotopic (exact) mass is 279 g/mol. The van der Waals surface area contributed by atoms with Gasteiger partial charge in [-0.2, -0.15) is 0 Å². The Labute approximate surface area is 121 Å². The summed E-state index contributed by atoms with van der Waals surface area (Å²) in [4.78, 5) is 4.51. The van der Waals surface area contributed by atoms with Gasteiger partial charge in [-0.05, 0) is 45.4 Å². The number of phenolic OH excluding ortho intramolecular Hbond substituents is 1. The van der Waals surface area contributed by atoms with E-state index >= 15 is 0 Å². The smallest absolute Gasteiger partial charge is 0.191 e. The van der Waals surface area contributed by atoms with E-state index in [1.807, 2.05) is 26.0 Å².